The van der Waals surface area contributed by atoms with E-state index in [9.17, 15) is 0 Å². The van der Waals surface area contributed by atoms with Crippen LogP contribution in [0.5, 0.6) is 0 Å². The summed E-state index contributed by atoms with van der Waals surface area (Å²) in [6.45, 7) is 0. The molecule has 0 atom stereocenters. The van der Waals surface area contributed by atoms with Crippen molar-refractivity contribution in [2.24, 2.45) is 0 Å². The monoisotopic (exact) mass is 640 g/mol. The molecular weight excluding hydrogens is 613 g/mol. The Hall–Kier alpha value is -6.85. The molecule has 0 saturated heterocycles. The van der Waals surface area contributed by atoms with E-state index in [1.807, 2.05) is 54.6 Å². The first-order valence-corrected chi connectivity index (χ1v) is 16.7. The lowest BCUT2D eigenvalue weighted by molar-refractivity contribution is 0.669. The van der Waals surface area contributed by atoms with Crippen molar-refractivity contribution in [3.63, 3.8) is 0 Å². The maximum absolute atomic E-state index is 6.07. The van der Waals surface area contributed by atoms with E-state index in [1.54, 1.807) is 0 Å². The number of hydrogen-bond donors (Lipinski definition) is 0. The molecule has 0 amide bonds. The second-order valence-corrected chi connectivity index (χ2v) is 12.4. The average Bonchev–Trinajstić information content (AvgIpc) is 3.73. The van der Waals surface area contributed by atoms with Gasteiger partial charge >= 0.3 is 0 Å². The summed E-state index contributed by atoms with van der Waals surface area (Å²) in [6.07, 6.45) is 0. The van der Waals surface area contributed by atoms with Gasteiger partial charge in [0.2, 0.25) is 0 Å². The third-order valence-corrected chi connectivity index (χ3v) is 9.49. The number of fused-ring (bicyclic) bond motifs is 6. The van der Waals surface area contributed by atoms with Gasteiger partial charge in [-0.15, -0.1) is 0 Å². The second-order valence-electron chi connectivity index (χ2n) is 12.4. The van der Waals surface area contributed by atoms with Crippen LogP contribution in [0.15, 0.2) is 174 Å². The predicted molar refractivity (Wildman–Crippen MR) is 203 cm³/mol. The molecule has 10 aromatic rings. The van der Waals surface area contributed by atoms with Gasteiger partial charge in [-0.05, 0) is 53.6 Å². The van der Waals surface area contributed by atoms with Gasteiger partial charge in [0.15, 0.2) is 17.5 Å². The normalized spacial score (nSPS) is 11.6. The Morgan fingerprint density at radius 3 is 1.62 bits per heavy atom. The van der Waals surface area contributed by atoms with Gasteiger partial charge in [0.05, 0.1) is 16.7 Å². The van der Waals surface area contributed by atoms with Crippen LogP contribution in [0.3, 0.4) is 0 Å². The molecule has 50 heavy (non-hydrogen) atoms. The molecule has 10 rings (SSSR count). The van der Waals surface area contributed by atoms with E-state index >= 15 is 0 Å². The van der Waals surface area contributed by atoms with Gasteiger partial charge in [0.1, 0.15) is 11.2 Å². The smallest absolute Gasteiger partial charge is 0.166 e. The SMILES string of the molecule is c1ccc(-c2nc(-c3ccc(-c4ccc5oc6ccccc6c5c4)cc3)nc(-c3ccccc3-n3c4ccccc4c4ccccc43)n2)cc1. The average molecular weight is 641 g/mol. The fraction of sp³-hybridized carbons (Fsp3) is 0. The van der Waals surface area contributed by atoms with E-state index in [-0.39, 0.29) is 0 Å². The minimum absolute atomic E-state index is 0.618. The van der Waals surface area contributed by atoms with Crippen LogP contribution >= 0.6 is 0 Å². The first-order chi connectivity index (χ1) is 24.8. The van der Waals surface area contributed by atoms with E-state index in [0.29, 0.717) is 17.5 Å². The summed E-state index contributed by atoms with van der Waals surface area (Å²) in [7, 11) is 0. The van der Waals surface area contributed by atoms with Gasteiger partial charge in [0.25, 0.3) is 0 Å². The standard InChI is InChI=1S/C45H28N4O/c1-2-12-30(13-3-1)43-46-44(31-24-22-29(23-25-31)32-26-27-42-37(28-32)35-16-7-11-21-41(35)50-42)48-45(47-43)36-17-6-10-20-40(36)49-38-18-8-4-14-33(38)34-15-5-9-19-39(34)49/h1-28H. The third-order valence-electron chi connectivity index (χ3n) is 9.49. The summed E-state index contributed by atoms with van der Waals surface area (Å²) in [5, 5.41) is 4.64. The predicted octanol–water partition coefficient (Wildman–Crippen LogP) is 11.5. The number of nitrogens with zero attached hydrogens (tertiary/aromatic N) is 4. The van der Waals surface area contributed by atoms with Crippen LogP contribution in [-0.2, 0) is 0 Å². The fourth-order valence-corrected chi connectivity index (χ4v) is 7.10. The fourth-order valence-electron chi connectivity index (χ4n) is 7.10. The molecule has 5 nitrogen and oxygen atoms in total. The molecule has 0 aliphatic carbocycles. The highest BCUT2D eigenvalue weighted by Crippen LogP contribution is 2.37. The second kappa shape index (κ2) is 11.4. The zero-order valence-corrected chi connectivity index (χ0v) is 26.9. The maximum Gasteiger partial charge on any atom is 0.166 e. The lowest BCUT2D eigenvalue weighted by Gasteiger charge is -2.14. The molecule has 0 fully saturated rings. The van der Waals surface area contributed by atoms with Crippen molar-refractivity contribution in [2.45, 2.75) is 0 Å². The summed E-state index contributed by atoms with van der Waals surface area (Å²) in [4.78, 5) is 15.3. The van der Waals surface area contributed by atoms with Gasteiger partial charge in [-0.3, -0.25) is 0 Å². The minimum atomic E-state index is 0.618. The van der Waals surface area contributed by atoms with Crippen molar-refractivity contribution in [3.8, 4) is 51.0 Å². The van der Waals surface area contributed by atoms with Crippen molar-refractivity contribution in [3.05, 3.63) is 170 Å². The van der Waals surface area contributed by atoms with Crippen LogP contribution in [0, 0.1) is 0 Å². The number of rotatable bonds is 5. The van der Waals surface area contributed by atoms with Crippen molar-refractivity contribution < 1.29 is 4.42 Å². The minimum Gasteiger partial charge on any atom is -0.456 e. The number of para-hydroxylation sites is 4. The van der Waals surface area contributed by atoms with Crippen LogP contribution < -0.4 is 0 Å². The molecule has 5 heteroatoms. The van der Waals surface area contributed by atoms with Crippen molar-refractivity contribution in [1.82, 2.24) is 19.5 Å². The molecule has 7 aromatic carbocycles. The number of furan rings is 1. The van der Waals surface area contributed by atoms with E-state index in [1.165, 1.54) is 10.8 Å². The van der Waals surface area contributed by atoms with Gasteiger partial charge in [-0.2, -0.15) is 0 Å². The molecule has 0 bridgehead atoms. The Kier molecular flexibility index (Phi) is 6.42. The quantitative estimate of drug-likeness (QED) is 0.188. The Bertz CT molecular complexity index is 2810. The zero-order chi connectivity index (χ0) is 33.0. The highest BCUT2D eigenvalue weighted by molar-refractivity contribution is 6.10. The number of aromatic nitrogens is 4. The lowest BCUT2D eigenvalue weighted by atomic mass is 10.0. The highest BCUT2D eigenvalue weighted by atomic mass is 16.3. The molecule has 0 radical (unpaired) electrons. The van der Waals surface area contributed by atoms with E-state index in [2.05, 4.69) is 120 Å². The van der Waals surface area contributed by atoms with Crippen LogP contribution in [0.4, 0.5) is 0 Å². The highest BCUT2D eigenvalue weighted by Gasteiger charge is 2.19. The molecular formula is C45H28N4O. The third kappa shape index (κ3) is 4.60. The Labute approximate surface area is 287 Å². The zero-order valence-electron chi connectivity index (χ0n) is 26.9. The van der Waals surface area contributed by atoms with Crippen LogP contribution in [0.2, 0.25) is 0 Å². The summed E-state index contributed by atoms with van der Waals surface area (Å²) in [5.74, 6) is 1.87. The van der Waals surface area contributed by atoms with Crippen molar-refractivity contribution in [1.29, 1.82) is 0 Å². The topological polar surface area (TPSA) is 56.7 Å². The molecule has 0 unspecified atom stereocenters. The van der Waals surface area contributed by atoms with E-state index in [0.717, 1.165) is 66.5 Å². The van der Waals surface area contributed by atoms with Gasteiger partial charge < -0.3 is 8.98 Å². The summed E-state index contributed by atoms with van der Waals surface area (Å²) in [6, 6.07) is 58.6. The molecule has 234 valence electrons. The summed E-state index contributed by atoms with van der Waals surface area (Å²) < 4.78 is 8.39. The Morgan fingerprint density at radius 2 is 0.880 bits per heavy atom. The van der Waals surface area contributed by atoms with E-state index < -0.39 is 0 Å². The first kappa shape index (κ1) is 28.2. The van der Waals surface area contributed by atoms with Gasteiger partial charge in [-0.25, -0.2) is 15.0 Å². The number of benzene rings is 7. The Morgan fingerprint density at radius 1 is 0.360 bits per heavy atom. The van der Waals surface area contributed by atoms with E-state index in [4.69, 9.17) is 19.4 Å². The first-order valence-electron chi connectivity index (χ1n) is 16.7. The maximum atomic E-state index is 6.07. The molecule has 3 heterocycles. The molecule has 0 aliphatic heterocycles. The summed E-state index contributed by atoms with van der Waals surface area (Å²) >= 11 is 0. The van der Waals surface area contributed by atoms with Crippen LogP contribution in [-0.4, -0.2) is 19.5 Å². The largest absolute Gasteiger partial charge is 0.456 e. The van der Waals surface area contributed by atoms with Crippen LogP contribution in [0.25, 0.3) is 94.7 Å². The molecule has 0 aliphatic rings. The molecule has 0 N–H and O–H groups in total. The number of hydrogen-bond acceptors (Lipinski definition) is 4. The van der Waals surface area contributed by atoms with Crippen LogP contribution in [0.1, 0.15) is 0 Å². The van der Waals surface area contributed by atoms with Crippen molar-refractivity contribution in [2.75, 3.05) is 0 Å². The molecule has 0 spiro atoms. The molecule has 3 aromatic heterocycles. The molecule has 0 saturated carbocycles. The lowest BCUT2D eigenvalue weighted by Crippen LogP contribution is -2.03. The Balaban J connectivity index is 1.12. The van der Waals surface area contributed by atoms with Crippen molar-refractivity contribution >= 4 is 43.7 Å². The summed E-state index contributed by atoms with van der Waals surface area (Å²) in [5.41, 5.74) is 10.1. The van der Waals surface area contributed by atoms with Gasteiger partial charge in [-0.1, -0.05) is 127 Å². The van der Waals surface area contributed by atoms with Gasteiger partial charge in [0, 0.05) is 38.2 Å².